The van der Waals surface area contributed by atoms with Gasteiger partial charge in [-0.3, -0.25) is 0 Å². The van der Waals surface area contributed by atoms with Gasteiger partial charge < -0.3 is 5.32 Å². The maximum absolute atomic E-state index is 13.4. The van der Waals surface area contributed by atoms with Crippen LogP contribution in [-0.2, 0) is 6.18 Å². The van der Waals surface area contributed by atoms with E-state index in [1.54, 1.807) is 0 Å². The molecule has 1 heterocycles. The molecule has 2 aromatic rings. The van der Waals surface area contributed by atoms with Crippen LogP contribution < -0.4 is 5.32 Å². The SMILES string of the molecule is CCCNc1c(C)c(C(F)(F)F)nc2cc(F)cc(Cl)c12. The van der Waals surface area contributed by atoms with Crippen LogP contribution >= 0.6 is 11.6 Å². The fraction of sp³-hybridized carbons (Fsp3) is 0.357. The Hall–Kier alpha value is -1.56. The van der Waals surface area contributed by atoms with E-state index in [1.807, 2.05) is 6.92 Å². The number of aromatic nitrogens is 1. The lowest BCUT2D eigenvalue weighted by molar-refractivity contribution is -0.141. The molecule has 0 aliphatic heterocycles. The van der Waals surface area contributed by atoms with Crippen LogP contribution in [0.25, 0.3) is 10.9 Å². The van der Waals surface area contributed by atoms with Gasteiger partial charge in [-0.25, -0.2) is 9.37 Å². The largest absolute Gasteiger partial charge is 0.433 e. The van der Waals surface area contributed by atoms with Crippen molar-refractivity contribution in [3.63, 3.8) is 0 Å². The quantitative estimate of drug-likeness (QED) is 0.788. The van der Waals surface area contributed by atoms with Gasteiger partial charge in [0.2, 0.25) is 0 Å². The van der Waals surface area contributed by atoms with E-state index >= 15 is 0 Å². The lowest BCUT2D eigenvalue weighted by atomic mass is 10.1. The van der Waals surface area contributed by atoms with Crippen molar-refractivity contribution in [3.05, 3.63) is 34.2 Å². The molecule has 0 saturated carbocycles. The summed E-state index contributed by atoms with van der Waals surface area (Å²) in [7, 11) is 0. The Bertz CT molecular complexity index is 683. The molecule has 0 aliphatic rings. The molecule has 1 N–H and O–H groups in total. The predicted molar refractivity (Wildman–Crippen MR) is 75.2 cm³/mol. The third-order valence-corrected chi connectivity index (χ3v) is 3.37. The number of rotatable bonds is 3. The van der Waals surface area contributed by atoms with Crippen molar-refractivity contribution in [2.24, 2.45) is 0 Å². The van der Waals surface area contributed by atoms with Gasteiger partial charge in [0.15, 0.2) is 0 Å². The summed E-state index contributed by atoms with van der Waals surface area (Å²) in [5, 5.41) is 3.27. The molecule has 1 aromatic heterocycles. The Labute approximate surface area is 124 Å². The van der Waals surface area contributed by atoms with E-state index < -0.39 is 17.7 Å². The number of benzene rings is 1. The lowest BCUT2D eigenvalue weighted by Gasteiger charge is -2.18. The summed E-state index contributed by atoms with van der Waals surface area (Å²) in [6, 6.07) is 2.02. The Balaban J connectivity index is 2.83. The lowest BCUT2D eigenvalue weighted by Crippen LogP contribution is -2.14. The molecule has 0 radical (unpaired) electrons. The van der Waals surface area contributed by atoms with Crippen molar-refractivity contribution in [2.75, 3.05) is 11.9 Å². The van der Waals surface area contributed by atoms with E-state index in [2.05, 4.69) is 10.3 Å². The molecule has 0 bridgehead atoms. The minimum absolute atomic E-state index is 0.0351. The zero-order chi connectivity index (χ0) is 15.8. The summed E-state index contributed by atoms with van der Waals surface area (Å²) in [5.74, 6) is -0.724. The molecule has 0 amide bonds. The van der Waals surface area contributed by atoms with Crippen LogP contribution in [-0.4, -0.2) is 11.5 Å². The minimum atomic E-state index is -4.61. The van der Waals surface area contributed by atoms with E-state index in [0.29, 0.717) is 11.9 Å². The van der Waals surface area contributed by atoms with Crippen LogP contribution in [0.1, 0.15) is 24.6 Å². The van der Waals surface area contributed by atoms with E-state index in [9.17, 15) is 17.6 Å². The molecule has 0 saturated heterocycles. The van der Waals surface area contributed by atoms with Crippen molar-refractivity contribution in [1.29, 1.82) is 0 Å². The van der Waals surface area contributed by atoms with Crippen molar-refractivity contribution in [3.8, 4) is 0 Å². The molecular formula is C14H13ClF4N2. The number of pyridine rings is 1. The highest BCUT2D eigenvalue weighted by molar-refractivity contribution is 6.36. The summed E-state index contributed by atoms with van der Waals surface area (Å²) in [4.78, 5) is 3.55. The molecule has 2 nitrogen and oxygen atoms in total. The average Bonchev–Trinajstić information content (AvgIpc) is 2.36. The van der Waals surface area contributed by atoms with Crippen molar-refractivity contribution < 1.29 is 17.6 Å². The van der Waals surface area contributed by atoms with Gasteiger partial charge in [0, 0.05) is 23.6 Å². The summed E-state index contributed by atoms with van der Waals surface area (Å²) >= 11 is 5.98. The molecule has 0 spiro atoms. The van der Waals surface area contributed by atoms with Gasteiger partial charge in [0.1, 0.15) is 11.5 Å². The predicted octanol–water partition coefficient (Wildman–Crippen LogP) is 5.18. The second kappa shape index (κ2) is 5.67. The molecule has 21 heavy (non-hydrogen) atoms. The van der Waals surface area contributed by atoms with Crippen LogP contribution in [0.5, 0.6) is 0 Å². The van der Waals surface area contributed by atoms with Gasteiger partial charge in [0.25, 0.3) is 0 Å². The Morgan fingerprint density at radius 2 is 1.95 bits per heavy atom. The number of nitrogens with one attached hydrogen (secondary N) is 1. The third-order valence-electron chi connectivity index (χ3n) is 3.07. The number of alkyl halides is 3. The van der Waals surface area contributed by atoms with Gasteiger partial charge in [-0.05, 0) is 19.4 Å². The van der Waals surface area contributed by atoms with E-state index in [1.165, 1.54) is 6.92 Å². The third kappa shape index (κ3) is 3.05. The first-order valence-corrected chi connectivity index (χ1v) is 6.74. The second-order valence-corrected chi connectivity index (χ2v) is 5.07. The standard InChI is InChI=1S/C14H13ClF4N2/c1-3-4-20-12-7(2)13(14(17,18)19)21-10-6-8(16)5-9(15)11(10)12/h5-6H,3-4H2,1-2H3,(H,20,21). The number of nitrogens with zero attached hydrogens (tertiary/aromatic N) is 1. The number of hydrogen-bond donors (Lipinski definition) is 1. The fourth-order valence-corrected chi connectivity index (χ4v) is 2.45. The van der Waals surface area contributed by atoms with Crippen molar-refractivity contribution in [1.82, 2.24) is 4.98 Å². The van der Waals surface area contributed by atoms with E-state index in [4.69, 9.17) is 11.6 Å². The monoisotopic (exact) mass is 320 g/mol. The Morgan fingerprint density at radius 1 is 1.29 bits per heavy atom. The van der Waals surface area contributed by atoms with Gasteiger partial charge >= 0.3 is 6.18 Å². The Morgan fingerprint density at radius 3 is 2.52 bits per heavy atom. The normalized spacial score (nSPS) is 12.0. The maximum atomic E-state index is 13.4. The Kier molecular flexibility index (Phi) is 4.27. The smallest absolute Gasteiger partial charge is 0.384 e. The zero-order valence-corrected chi connectivity index (χ0v) is 12.2. The number of anilines is 1. The molecule has 0 unspecified atom stereocenters. The van der Waals surface area contributed by atoms with Crippen LogP contribution in [0.4, 0.5) is 23.2 Å². The van der Waals surface area contributed by atoms with Crippen LogP contribution in [0, 0.1) is 12.7 Å². The first kappa shape index (κ1) is 15.8. The molecule has 0 aliphatic carbocycles. The van der Waals surface area contributed by atoms with Crippen LogP contribution in [0.15, 0.2) is 12.1 Å². The van der Waals surface area contributed by atoms with Crippen molar-refractivity contribution in [2.45, 2.75) is 26.4 Å². The first-order chi connectivity index (χ1) is 9.75. The van der Waals surface area contributed by atoms with Gasteiger partial charge in [-0.1, -0.05) is 18.5 Å². The van der Waals surface area contributed by atoms with Gasteiger partial charge in [0.05, 0.1) is 16.2 Å². The summed E-state index contributed by atoms with van der Waals surface area (Å²) in [5.41, 5.74) is -0.942. The average molecular weight is 321 g/mol. The van der Waals surface area contributed by atoms with E-state index in [-0.39, 0.29) is 21.8 Å². The minimum Gasteiger partial charge on any atom is -0.384 e. The van der Waals surface area contributed by atoms with Gasteiger partial charge in [-0.2, -0.15) is 13.2 Å². The van der Waals surface area contributed by atoms with Crippen molar-refractivity contribution >= 4 is 28.2 Å². The van der Waals surface area contributed by atoms with Crippen LogP contribution in [0.3, 0.4) is 0 Å². The molecule has 114 valence electrons. The molecule has 0 fully saturated rings. The van der Waals surface area contributed by atoms with Gasteiger partial charge in [-0.15, -0.1) is 0 Å². The first-order valence-electron chi connectivity index (χ1n) is 6.36. The second-order valence-electron chi connectivity index (χ2n) is 4.67. The summed E-state index contributed by atoms with van der Waals surface area (Å²) in [6.07, 6.45) is -3.89. The number of hydrogen-bond acceptors (Lipinski definition) is 2. The zero-order valence-electron chi connectivity index (χ0n) is 11.4. The number of halogens is 5. The van der Waals surface area contributed by atoms with Crippen LogP contribution in [0.2, 0.25) is 5.02 Å². The molecule has 7 heteroatoms. The highest BCUT2D eigenvalue weighted by Crippen LogP contribution is 2.39. The molecular weight excluding hydrogens is 308 g/mol. The highest BCUT2D eigenvalue weighted by atomic mass is 35.5. The maximum Gasteiger partial charge on any atom is 0.433 e. The number of fused-ring (bicyclic) bond motifs is 1. The fourth-order valence-electron chi connectivity index (χ4n) is 2.15. The molecule has 0 atom stereocenters. The molecule has 2 rings (SSSR count). The van der Waals surface area contributed by atoms with E-state index in [0.717, 1.165) is 18.6 Å². The summed E-state index contributed by atoms with van der Waals surface area (Å²) < 4.78 is 52.6. The summed E-state index contributed by atoms with van der Waals surface area (Å²) in [6.45, 7) is 3.69. The molecule has 1 aromatic carbocycles. The topological polar surface area (TPSA) is 24.9 Å². The highest BCUT2D eigenvalue weighted by Gasteiger charge is 2.36.